The van der Waals surface area contributed by atoms with Crippen LogP contribution in [0.4, 0.5) is 10.7 Å². The van der Waals surface area contributed by atoms with Crippen LogP contribution in [0, 0.1) is 0 Å². The number of guanidine groups is 1. The number of piperazine rings is 2. The summed E-state index contributed by atoms with van der Waals surface area (Å²) in [5, 5.41) is 0. The van der Waals surface area contributed by atoms with Crippen molar-refractivity contribution in [2.45, 2.75) is 32.8 Å². The Morgan fingerprint density at radius 2 is 1.53 bits per heavy atom. The van der Waals surface area contributed by atoms with Gasteiger partial charge in [0.05, 0.1) is 6.54 Å². The van der Waals surface area contributed by atoms with Crippen molar-refractivity contribution < 1.29 is 14.3 Å². The molecule has 1 aromatic rings. The van der Waals surface area contributed by atoms with Gasteiger partial charge in [0.25, 0.3) is 0 Å². The largest absolute Gasteiger partial charge is 0.444 e. The molecule has 2 aliphatic rings. The van der Waals surface area contributed by atoms with E-state index in [1.807, 2.05) is 30.6 Å². The molecule has 0 aliphatic carbocycles. The number of nitrogens with two attached hydrogens (primary N) is 1. The zero-order chi connectivity index (χ0) is 23.1. The van der Waals surface area contributed by atoms with E-state index in [4.69, 9.17) is 10.5 Å². The Hall–Kier alpha value is -3.11. The summed E-state index contributed by atoms with van der Waals surface area (Å²) in [5.74, 6) is 1.18. The lowest BCUT2D eigenvalue weighted by Gasteiger charge is -2.36. The third kappa shape index (κ3) is 6.69. The molecular weight excluding hydrogens is 412 g/mol. The molecule has 32 heavy (non-hydrogen) atoms. The highest BCUT2D eigenvalue weighted by molar-refractivity contribution is 5.80. The Morgan fingerprint density at radius 1 is 0.969 bits per heavy atom. The predicted molar refractivity (Wildman–Crippen MR) is 121 cm³/mol. The number of amides is 2. The van der Waals surface area contributed by atoms with E-state index < -0.39 is 5.60 Å². The average molecular weight is 447 g/mol. The summed E-state index contributed by atoms with van der Waals surface area (Å²) >= 11 is 0. The third-order valence-electron chi connectivity index (χ3n) is 5.32. The summed E-state index contributed by atoms with van der Waals surface area (Å²) in [6.07, 6.45) is 3.46. The minimum absolute atomic E-state index is 0.0740. The van der Waals surface area contributed by atoms with Gasteiger partial charge >= 0.3 is 6.09 Å². The third-order valence-corrected chi connectivity index (χ3v) is 5.32. The van der Waals surface area contributed by atoms with Crippen molar-refractivity contribution in [3.8, 4) is 0 Å². The van der Waals surface area contributed by atoms with E-state index >= 15 is 0 Å². The first-order valence-electron chi connectivity index (χ1n) is 11.1. The molecule has 2 aliphatic heterocycles. The van der Waals surface area contributed by atoms with Crippen molar-refractivity contribution in [3.05, 3.63) is 18.5 Å². The van der Waals surface area contributed by atoms with Crippen molar-refractivity contribution in [2.24, 2.45) is 10.7 Å². The molecule has 0 aromatic carbocycles. The van der Waals surface area contributed by atoms with Crippen LogP contribution < -0.4 is 10.6 Å². The van der Waals surface area contributed by atoms with Gasteiger partial charge in [-0.05, 0) is 26.8 Å². The summed E-state index contributed by atoms with van der Waals surface area (Å²) in [4.78, 5) is 45.1. The van der Waals surface area contributed by atoms with E-state index in [-0.39, 0.29) is 12.0 Å². The molecule has 0 radical (unpaired) electrons. The van der Waals surface area contributed by atoms with Crippen LogP contribution in [0.2, 0.25) is 0 Å². The zero-order valence-electron chi connectivity index (χ0n) is 19.2. The summed E-state index contributed by atoms with van der Waals surface area (Å²) in [5.41, 5.74) is 5.60. The van der Waals surface area contributed by atoms with Gasteiger partial charge in [-0.15, -0.1) is 0 Å². The summed E-state index contributed by atoms with van der Waals surface area (Å²) in [6.45, 7) is 10.8. The minimum Gasteiger partial charge on any atom is -0.444 e. The highest BCUT2D eigenvalue weighted by Crippen LogP contribution is 2.12. The molecule has 11 nitrogen and oxygen atoms in total. The predicted octanol–water partition coefficient (Wildman–Crippen LogP) is 0.383. The molecule has 0 spiro atoms. The van der Waals surface area contributed by atoms with Crippen molar-refractivity contribution in [1.29, 1.82) is 0 Å². The quantitative estimate of drug-likeness (QED) is 0.521. The number of hydrogen-bond donors (Lipinski definition) is 1. The number of aliphatic imine (C=N–C) groups is 1. The van der Waals surface area contributed by atoms with E-state index in [1.54, 1.807) is 23.4 Å². The van der Waals surface area contributed by atoms with Crippen LogP contribution in [0.3, 0.4) is 0 Å². The number of aromatic nitrogens is 2. The average Bonchev–Trinajstić information content (AvgIpc) is 2.78. The normalized spacial score (nSPS) is 18.0. The summed E-state index contributed by atoms with van der Waals surface area (Å²) in [7, 11) is 0. The number of ether oxygens (including phenoxy) is 1. The molecule has 0 atom stereocenters. The van der Waals surface area contributed by atoms with Crippen LogP contribution in [0.25, 0.3) is 0 Å². The second-order valence-corrected chi connectivity index (χ2v) is 8.86. The van der Waals surface area contributed by atoms with Crippen LogP contribution in [0.5, 0.6) is 0 Å². The van der Waals surface area contributed by atoms with Crippen molar-refractivity contribution in [3.63, 3.8) is 0 Å². The standard InChI is InChI=1S/C21H34N8O3/c1-21(2,3)32-20(31)29-15-11-27(12-16-29)18(22)23-8-5-17(30)26-9-13-28(14-10-26)19-24-6-4-7-25-19/h4,6-7H,5,8-16H2,1-3H3,(H2,22,23). The topological polar surface area (TPSA) is 120 Å². The van der Waals surface area contributed by atoms with E-state index in [1.165, 1.54) is 0 Å². The van der Waals surface area contributed by atoms with Crippen molar-refractivity contribution in [1.82, 2.24) is 24.7 Å². The van der Waals surface area contributed by atoms with Gasteiger partial charge in [0.15, 0.2) is 5.96 Å². The maximum atomic E-state index is 12.5. The lowest BCUT2D eigenvalue weighted by atomic mass is 10.2. The molecule has 0 bridgehead atoms. The number of nitrogens with zero attached hydrogens (tertiary/aromatic N) is 7. The lowest BCUT2D eigenvalue weighted by Crippen LogP contribution is -2.53. The number of anilines is 1. The SMILES string of the molecule is CC(C)(C)OC(=O)N1CCN(C(N)=NCCC(=O)N2CCN(c3ncccn3)CC2)CC1. The molecule has 3 heterocycles. The molecule has 2 saturated heterocycles. The fourth-order valence-corrected chi connectivity index (χ4v) is 3.58. The zero-order valence-corrected chi connectivity index (χ0v) is 19.2. The Bertz CT molecular complexity index is 795. The number of carbonyl (C=O) groups is 2. The van der Waals surface area contributed by atoms with Gasteiger partial charge in [-0.3, -0.25) is 9.79 Å². The van der Waals surface area contributed by atoms with Crippen molar-refractivity contribution in [2.75, 3.05) is 63.8 Å². The molecule has 3 rings (SSSR count). The molecule has 0 saturated carbocycles. The highest BCUT2D eigenvalue weighted by Gasteiger charge is 2.26. The van der Waals surface area contributed by atoms with Gasteiger partial charge in [0.2, 0.25) is 11.9 Å². The number of carbonyl (C=O) groups excluding carboxylic acids is 2. The molecule has 1 aromatic heterocycles. The van der Waals surface area contributed by atoms with E-state index in [0.717, 1.165) is 0 Å². The van der Waals surface area contributed by atoms with Gasteiger partial charge in [0.1, 0.15) is 5.60 Å². The maximum Gasteiger partial charge on any atom is 0.410 e. The first-order valence-corrected chi connectivity index (χ1v) is 11.1. The fraction of sp³-hybridized carbons (Fsp3) is 0.667. The first kappa shape index (κ1) is 23.6. The smallest absolute Gasteiger partial charge is 0.410 e. The van der Waals surface area contributed by atoms with Gasteiger partial charge in [-0.25, -0.2) is 14.8 Å². The molecular formula is C21H34N8O3. The molecule has 2 fully saturated rings. The Labute approximate surface area is 189 Å². The van der Waals surface area contributed by atoms with Gasteiger partial charge < -0.3 is 30.1 Å². The Morgan fingerprint density at radius 3 is 2.12 bits per heavy atom. The number of rotatable bonds is 4. The van der Waals surface area contributed by atoms with Gasteiger partial charge in [-0.1, -0.05) is 0 Å². The fourth-order valence-electron chi connectivity index (χ4n) is 3.58. The summed E-state index contributed by atoms with van der Waals surface area (Å²) in [6, 6.07) is 1.79. The second-order valence-electron chi connectivity index (χ2n) is 8.86. The molecule has 176 valence electrons. The molecule has 11 heteroatoms. The molecule has 2 N–H and O–H groups in total. The van der Waals surface area contributed by atoms with Gasteiger partial charge in [0, 0.05) is 71.2 Å². The molecule has 0 unspecified atom stereocenters. The first-order chi connectivity index (χ1) is 15.2. The maximum absolute atomic E-state index is 12.5. The van der Waals surface area contributed by atoms with E-state index in [9.17, 15) is 9.59 Å². The lowest BCUT2D eigenvalue weighted by molar-refractivity contribution is -0.131. The Kier molecular flexibility index (Phi) is 7.70. The van der Waals surface area contributed by atoms with Crippen molar-refractivity contribution >= 4 is 23.9 Å². The van der Waals surface area contributed by atoms with Crippen LogP contribution >= 0.6 is 0 Å². The van der Waals surface area contributed by atoms with Crippen LogP contribution in [0.1, 0.15) is 27.2 Å². The van der Waals surface area contributed by atoms with Crippen LogP contribution in [-0.4, -0.2) is 107 Å². The number of hydrogen-bond acceptors (Lipinski definition) is 7. The van der Waals surface area contributed by atoms with Gasteiger partial charge in [-0.2, -0.15) is 0 Å². The van der Waals surface area contributed by atoms with E-state index in [0.29, 0.717) is 77.2 Å². The van der Waals surface area contributed by atoms with Crippen LogP contribution in [-0.2, 0) is 9.53 Å². The molecule has 2 amide bonds. The monoisotopic (exact) mass is 446 g/mol. The summed E-state index contributed by atoms with van der Waals surface area (Å²) < 4.78 is 5.41. The van der Waals surface area contributed by atoms with E-state index in [2.05, 4.69) is 19.9 Å². The Balaban J connectivity index is 1.37. The highest BCUT2D eigenvalue weighted by atomic mass is 16.6. The second kappa shape index (κ2) is 10.5. The van der Waals surface area contributed by atoms with Crippen LogP contribution in [0.15, 0.2) is 23.5 Å². The minimum atomic E-state index is -0.511.